The van der Waals surface area contributed by atoms with E-state index >= 15 is 0 Å². The summed E-state index contributed by atoms with van der Waals surface area (Å²) in [6.07, 6.45) is 0.0610. The standard InChI is InChI=1S/C15H19F2IN6O2/c1-14(2,3)26-13(25)23-6-15(16,17)4-8(23)5-24-12-9(10(18)22-24)11(19)20-7-21-12/h7-8H,4-6H2,1-3H3,(H2,19,20,21)/t8-/m0/s1. The summed E-state index contributed by atoms with van der Waals surface area (Å²) in [6, 6.07) is -0.769. The number of amides is 1. The number of carbonyl (C=O) groups is 1. The van der Waals surface area contributed by atoms with Gasteiger partial charge in [-0.15, -0.1) is 0 Å². The first-order valence-electron chi connectivity index (χ1n) is 7.97. The highest BCUT2D eigenvalue weighted by molar-refractivity contribution is 14.1. The molecule has 0 spiro atoms. The summed E-state index contributed by atoms with van der Waals surface area (Å²) in [5.74, 6) is -2.71. The molecule has 1 aliphatic heterocycles. The maximum atomic E-state index is 14.0. The molecule has 3 rings (SSSR count). The molecule has 0 bridgehead atoms. The second kappa shape index (κ2) is 6.43. The molecule has 0 aromatic carbocycles. The van der Waals surface area contributed by atoms with Gasteiger partial charge in [0, 0.05) is 6.42 Å². The highest BCUT2D eigenvalue weighted by atomic mass is 127. The molecule has 0 aliphatic carbocycles. The average molecular weight is 480 g/mol. The first-order valence-corrected chi connectivity index (χ1v) is 9.05. The molecule has 142 valence electrons. The summed E-state index contributed by atoms with van der Waals surface area (Å²) in [7, 11) is 0. The number of ether oxygens (including phenoxy) is 1. The number of nitrogens with zero attached hydrogens (tertiary/aromatic N) is 5. The van der Waals surface area contributed by atoms with Gasteiger partial charge in [-0.05, 0) is 43.4 Å². The number of alkyl halides is 2. The monoisotopic (exact) mass is 480 g/mol. The van der Waals surface area contributed by atoms with E-state index in [4.69, 9.17) is 10.5 Å². The lowest BCUT2D eigenvalue weighted by atomic mass is 10.2. The third-order valence-corrected chi connectivity index (χ3v) is 4.66. The Morgan fingerprint density at radius 2 is 2.15 bits per heavy atom. The Labute approximate surface area is 162 Å². The zero-order valence-corrected chi connectivity index (χ0v) is 16.7. The first kappa shape index (κ1) is 19.0. The van der Waals surface area contributed by atoms with Crippen LogP contribution in [-0.2, 0) is 11.3 Å². The van der Waals surface area contributed by atoms with E-state index in [1.165, 1.54) is 11.0 Å². The SMILES string of the molecule is CC(C)(C)OC(=O)N1CC(F)(F)C[C@H]1Cn1nc(I)c2c(N)ncnc21. The number of nitrogens with two attached hydrogens (primary N) is 1. The number of nitrogen functional groups attached to an aromatic ring is 1. The molecule has 1 atom stereocenters. The lowest BCUT2D eigenvalue weighted by Crippen LogP contribution is -2.42. The molecule has 26 heavy (non-hydrogen) atoms. The average Bonchev–Trinajstić information content (AvgIpc) is 2.96. The molecule has 1 amide bonds. The van der Waals surface area contributed by atoms with Crippen LogP contribution in [0.25, 0.3) is 11.0 Å². The summed E-state index contributed by atoms with van der Waals surface area (Å²) in [4.78, 5) is 21.5. The van der Waals surface area contributed by atoms with Crippen molar-refractivity contribution in [3.05, 3.63) is 10.0 Å². The van der Waals surface area contributed by atoms with E-state index in [0.29, 0.717) is 14.7 Å². The summed E-state index contributed by atoms with van der Waals surface area (Å²) >= 11 is 1.99. The minimum absolute atomic E-state index is 0.0603. The van der Waals surface area contributed by atoms with E-state index in [1.54, 1.807) is 20.8 Å². The third kappa shape index (κ3) is 3.81. The number of likely N-dealkylation sites (tertiary alicyclic amines) is 1. The Bertz CT molecular complexity index is 851. The fourth-order valence-corrected chi connectivity index (χ4v) is 3.69. The molecular formula is C15H19F2IN6O2. The highest BCUT2D eigenvalue weighted by Crippen LogP contribution is 2.34. The van der Waals surface area contributed by atoms with Crippen LogP contribution in [0.3, 0.4) is 0 Å². The van der Waals surface area contributed by atoms with E-state index in [-0.39, 0.29) is 12.4 Å². The van der Waals surface area contributed by atoms with Gasteiger partial charge in [0.25, 0.3) is 5.92 Å². The molecule has 1 aliphatic rings. The van der Waals surface area contributed by atoms with Gasteiger partial charge in [0.1, 0.15) is 21.4 Å². The fourth-order valence-electron chi connectivity index (χ4n) is 2.91. The highest BCUT2D eigenvalue weighted by Gasteiger charge is 2.48. The van der Waals surface area contributed by atoms with Gasteiger partial charge in [-0.3, -0.25) is 4.90 Å². The van der Waals surface area contributed by atoms with Crippen LogP contribution in [0.15, 0.2) is 6.33 Å². The molecule has 3 heterocycles. The minimum Gasteiger partial charge on any atom is -0.444 e. The molecule has 1 saturated heterocycles. The van der Waals surface area contributed by atoms with Crippen LogP contribution in [0.5, 0.6) is 0 Å². The van der Waals surface area contributed by atoms with Crippen molar-refractivity contribution in [1.29, 1.82) is 0 Å². The van der Waals surface area contributed by atoms with Crippen molar-refractivity contribution >= 4 is 45.5 Å². The molecule has 2 aromatic heterocycles. The van der Waals surface area contributed by atoms with E-state index in [2.05, 4.69) is 15.1 Å². The van der Waals surface area contributed by atoms with Gasteiger partial charge in [-0.2, -0.15) is 5.10 Å². The van der Waals surface area contributed by atoms with Crippen LogP contribution in [-0.4, -0.2) is 54.9 Å². The quantitative estimate of drug-likeness (QED) is 0.664. The van der Waals surface area contributed by atoms with Gasteiger partial charge in [0.05, 0.1) is 24.5 Å². The Kier molecular flexibility index (Phi) is 4.69. The van der Waals surface area contributed by atoms with Crippen LogP contribution >= 0.6 is 22.6 Å². The Morgan fingerprint density at radius 1 is 1.46 bits per heavy atom. The van der Waals surface area contributed by atoms with Gasteiger partial charge >= 0.3 is 6.09 Å². The van der Waals surface area contributed by atoms with Crippen LogP contribution in [0, 0.1) is 3.70 Å². The topological polar surface area (TPSA) is 99.2 Å². The fraction of sp³-hybridized carbons (Fsp3) is 0.600. The van der Waals surface area contributed by atoms with E-state index in [0.717, 1.165) is 4.90 Å². The van der Waals surface area contributed by atoms with Crippen LogP contribution in [0.1, 0.15) is 27.2 Å². The first-order chi connectivity index (χ1) is 12.0. The van der Waals surface area contributed by atoms with Crippen molar-refractivity contribution in [2.75, 3.05) is 12.3 Å². The van der Waals surface area contributed by atoms with Crippen molar-refractivity contribution < 1.29 is 18.3 Å². The molecule has 8 nitrogen and oxygen atoms in total. The lowest BCUT2D eigenvalue weighted by molar-refractivity contribution is -0.00253. The van der Waals surface area contributed by atoms with Gasteiger partial charge in [0.15, 0.2) is 5.65 Å². The van der Waals surface area contributed by atoms with Crippen molar-refractivity contribution in [1.82, 2.24) is 24.6 Å². The number of hydrogen-bond acceptors (Lipinski definition) is 6. The van der Waals surface area contributed by atoms with Crippen molar-refractivity contribution in [2.24, 2.45) is 0 Å². The van der Waals surface area contributed by atoms with Crippen molar-refractivity contribution in [3.8, 4) is 0 Å². The molecule has 11 heteroatoms. The van der Waals surface area contributed by atoms with E-state index in [9.17, 15) is 13.6 Å². The van der Waals surface area contributed by atoms with Gasteiger partial charge in [-0.25, -0.2) is 28.2 Å². The summed E-state index contributed by atoms with van der Waals surface area (Å²) < 4.78 is 35.3. The van der Waals surface area contributed by atoms with Gasteiger partial charge < -0.3 is 10.5 Å². The van der Waals surface area contributed by atoms with Crippen molar-refractivity contribution in [2.45, 2.75) is 51.3 Å². The van der Waals surface area contributed by atoms with Gasteiger partial charge in [0.2, 0.25) is 0 Å². The summed E-state index contributed by atoms with van der Waals surface area (Å²) in [5, 5.41) is 4.90. The molecule has 2 aromatic rings. The smallest absolute Gasteiger partial charge is 0.410 e. The Hall–Kier alpha value is -1.79. The number of fused-ring (bicyclic) bond motifs is 1. The van der Waals surface area contributed by atoms with E-state index in [1.807, 2.05) is 22.6 Å². The number of halogens is 3. The van der Waals surface area contributed by atoms with E-state index < -0.39 is 36.6 Å². The Morgan fingerprint density at radius 3 is 2.81 bits per heavy atom. The zero-order valence-electron chi connectivity index (χ0n) is 14.5. The predicted octanol–water partition coefficient (Wildman–Crippen LogP) is 2.66. The Balaban J connectivity index is 1.90. The number of aromatic nitrogens is 4. The zero-order chi connectivity index (χ0) is 19.3. The van der Waals surface area contributed by atoms with Gasteiger partial charge in [-0.1, -0.05) is 0 Å². The van der Waals surface area contributed by atoms with Crippen LogP contribution in [0.2, 0.25) is 0 Å². The molecule has 2 N–H and O–H groups in total. The number of hydrogen-bond donors (Lipinski definition) is 1. The minimum atomic E-state index is -2.98. The normalized spacial score (nSPS) is 19.9. The molecule has 1 fully saturated rings. The van der Waals surface area contributed by atoms with Crippen LogP contribution in [0.4, 0.5) is 19.4 Å². The summed E-state index contributed by atoms with van der Waals surface area (Å²) in [6.45, 7) is 4.45. The second-order valence-electron chi connectivity index (χ2n) is 7.25. The molecule has 0 unspecified atom stereocenters. The van der Waals surface area contributed by atoms with Crippen molar-refractivity contribution in [3.63, 3.8) is 0 Å². The largest absolute Gasteiger partial charge is 0.444 e. The second-order valence-corrected chi connectivity index (χ2v) is 8.27. The predicted molar refractivity (Wildman–Crippen MR) is 98.7 cm³/mol. The third-order valence-electron chi connectivity index (χ3n) is 3.90. The molecule has 0 radical (unpaired) electrons. The maximum absolute atomic E-state index is 14.0. The maximum Gasteiger partial charge on any atom is 0.410 e. The molecule has 0 saturated carbocycles. The number of carbonyl (C=O) groups excluding carboxylic acids is 1. The summed E-state index contributed by atoms with van der Waals surface area (Å²) in [5.41, 5.74) is 5.53. The lowest BCUT2D eigenvalue weighted by Gasteiger charge is -2.28. The molecular weight excluding hydrogens is 461 g/mol. The number of anilines is 1. The van der Waals surface area contributed by atoms with Crippen LogP contribution < -0.4 is 5.73 Å². The number of rotatable bonds is 2.